The van der Waals surface area contributed by atoms with E-state index in [9.17, 15) is 4.79 Å². The van der Waals surface area contributed by atoms with E-state index in [-0.39, 0.29) is 16.3 Å². The minimum Gasteiger partial charge on any atom is -0.478 e. The zero-order valence-electron chi connectivity index (χ0n) is 8.66. The number of thioether (sulfide) groups is 1. The Bertz CT molecular complexity index is 454. The molecule has 1 aromatic rings. The lowest BCUT2D eigenvalue weighted by atomic mass is 10.1. The molecule has 0 heterocycles. The van der Waals surface area contributed by atoms with Crippen molar-refractivity contribution >= 4 is 29.3 Å². The molecule has 0 aliphatic heterocycles. The van der Waals surface area contributed by atoms with Crippen molar-refractivity contribution in [3.05, 3.63) is 28.3 Å². The molecule has 84 valence electrons. The molecule has 0 aliphatic carbocycles. The van der Waals surface area contributed by atoms with Crippen LogP contribution in [0.3, 0.4) is 0 Å². The molecule has 1 N–H and O–H groups in total. The molecule has 0 saturated heterocycles. The van der Waals surface area contributed by atoms with Crippen molar-refractivity contribution < 1.29 is 9.90 Å². The summed E-state index contributed by atoms with van der Waals surface area (Å²) in [6.45, 7) is 1.88. The largest absolute Gasteiger partial charge is 0.478 e. The number of nitriles is 1. The molecule has 5 heteroatoms. The average Bonchev–Trinajstić information content (AvgIpc) is 2.26. The van der Waals surface area contributed by atoms with Crippen LogP contribution in [0.2, 0.25) is 5.02 Å². The maximum atomic E-state index is 11.1. The fourth-order valence-corrected chi connectivity index (χ4v) is 2.39. The van der Waals surface area contributed by atoms with Crippen LogP contribution >= 0.6 is 23.4 Å². The summed E-state index contributed by atoms with van der Waals surface area (Å²) >= 11 is 7.25. The SMILES string of the molecule is CCc1ccc(SCC#N)c(Cl)c1C(=O)O. The number of hydrogen-bond acceptors (Lipinski definition) is 3. The van der Waals surface area contributed by atoms with Crippen molar-refractivity contribution in [1.29, 1.82) is 5.26 Å². The van der Waals surface area contributed by atoms with Crippen molar-refractivity contribution in [3.63, 3.8) is 0 Å². The van der Waals surface area contributed by atoms with Crippen LogP contribution in [0.5, 0.6) is 0 Å². The second-order valence-corrected chi connectivity index (χ2v) is 4.41. The van der Waals surface area contributed by atoms with E-state index < -0.39 is 5.97 Å². The quantitative estimate of drug-likeness (QED) is 0.839. The molecule has 1 rings (SSSR count). The summed E-state index contributed by atoms with van der Waals surface area (Å²) in [6, 6.07) is 5.48. The number of aryl methyl sites for hydroxylation is 1. The van der Waals surface area contributed by atoms with Gasteiger partial charge in [-0.15, -0.1) is 11.8 Å². The second kappa shape index (κ2) is 5.78. The van der Waals surface area contributed by atoms with Crippen LogP contribution in [0.15, 0.2) is 17.0 Å². The first-order valence-electron chi connectivity index (χ1n) is 4.66. The van der Waals surface area contributed by atoms with Crippen LogP contribution in [0.25, 0.3) is 0 Å². The molecule has 0 fully saturated rings. The van der Waals surface area contributed by atoms with E-state index in [1.807, 2.05) is 13.0 Å². The summed E-state index contributed by atoms with van der Waals surface area (Å²) in [5.74, 6) is -0.772. The molecule has 0 aliphatic rings. The third-order valence-electron chi connectivity index (χ3n) is 2.08. The van der Waals surface area contributed by atoms with Gasteiger partial charge in [0.25, 0.3) is 0 Å². The van der Waals surface area contributed by atoms with Gasteiger partial charge in [0.1, 0.15) is 0 Å². The minimum absolute atomic E-state index is 0.145. The van der Waals surface area contributed by atoms with Gasteiger partial charge >= 0.3 is 5.97 Å². The number of rotatable bonds is 4. The number of benzene rings is 1. The Kier molecular flexibility index (Phi) is 4.66. The Morgan fingerprint density at radius 3 is 2.81 bits per heavy atom. The van der Waals surface area contributed by atoms with E-state index in [1.54, 1.807) is 12.1 Å². The van der Waals surface area contributed by atoms with Crippen LogP contribution in [0, 0.1) is 11.3 Å². The van der Waals surface area contributed by atoms with Crippen molar-refractivity contribution in [1.82, 2.24) is 0 Å². The van der Waals surface area contributed by atoms with Gasteiger partial charge < -0.3 is 5.11 Å². The first-order valence-corrected chi connectivity index (χ1v) is 6.02. The lowest BCUT2D eigenvalue weighted by molar-refractivity contribution is 0.0695. The van der Waals surface area contributed by atoms with Crippen LogP contribution in [0.4, 0.5) is 0 Å². The smallest absolute Gasteiger partial charge is 0.337 e. The van der Waals surface area contributed by atoms with Crippen LogP contribution in [-0.4, -0.2) is 16.8 Å². The Hall–Kier alpha value is -1.18. The Morgan fingerprint density at radius 2 is 2.31 bits per heavy atom. The molecular formula is C11H10ClNO2S. The van der Waals surface area contributed by atoms with Gasteiger partial charge in [-0.1, -0.05) is 24.6 Å². The summed E-state index contributed by atoms with van der Waals surface area (Å²) in [5, 5.41) is 17.8. The van der Waals surface area contributed by atoms with Crippen molar-refractivity contribution in [3.8, 4) is 6.07 Å². The van der Waals surface area contributed by atoms with E-state index in [2.05, 4.69) is 0 Å². The van der Waals surface area contributed by atoms with Crippen LogP contribution in [-0.2, 0) is 6.42 Å². The fourth-order valence-electron chi connectivity index (χ4n) is 1.34. The highest BCUT2D eigenvalue weighted by molar-refractivity contribution is 7.99. The van der Waals surface area contributed by atoms with E-state index in [0.29, 0.717) is 16.9 Å². The van der Waals surface area contributed by atoms with Gasteiger partial charge in [0.2, 0.25) is 0 Å². The van der Waals surface area contributed by atoms with Crippen molar-refractivity contribution in [2.75, 3.05) is 5.75 Å². The second-order valence-electron chi connectivity index (χ2n) is 3.02. The number of carbonyl (C=O) groups is 1. The first-order chi connectivity index (χ1) is 7.61. The monoisotopic (exact) mass is 255 g/mol. The van der Waals surface area contributed by atoms with Gasteiger partial charge in [-0.3, -0.25) is 0 Å². The maximum absolute atomic E-state index is 11.1. The molecule has 16 heavy (non-hydrogen) atoms. The van der Waals surface area contributed by atoms with Crippen molar-refractivity contribution in [2.24, 2.45) is 0 Å². The van der Waals surface area contributed by atoms with E-state index >= 15 is 0 Å². The summed E-state index contributed by atoms with van der Waals surface area (Å²) in [5.41, 5.74) is 0.853. The first kappa shape index (κ1) is 12.9. The van der Waals surface area contributed by atoms with Crippen LogP contribution < -0.4 is 0 Å². The standard InChI is InChI=1S/C11H10ClNO2S/c1-2-7-3-4-8(16-6-5-13)10(12)9(7)11(14)15/h3-4H,2,6H2,1H3,(H,14,15). The highest BCUT2D eigenvalue weighted by atomic mass is 35.5. The number of halogens is 1. The lowest BCUT2D eigenvalue weighted by Crippen LogP contribution is -2.03. The predicted molar refractivity (Wildman–Crippen MR) is 64.1 cm³/mol. The summed E-state index contributed by atoms with van der Waals surface area (Å²) in [7, 11) is 0. The zero-order chi connectivity index (χ0) is 12.1. The van der Waals surface area contributed by atoms with E-state index in [4.69, 9.17) is 22.0 Å². The summed E-state index contributed by atoms with van der Waals surface area (Å²) in [6.07, 6.45) is 0.616. The number of carboxylic acid groups (broad SMARTS) is 1. The molecule has 0 spiro atoms. The molecule has 1 aromatic carbocycles. The molecule has 0 saturated carbocycles. The molecule has 0 atom stereocenters. The molecule has 0 bridgehead atoms. The van der Waals surface area contributed by atoms with Gasteiger partial charge in [0.15, 0.2) is 0 Å². The molecule has 3 nitrogen and oxygen atoms in total. The Morgan fingerprint density at radius 1 is 1.62 bits per heavy atom. The minimum atomic E-state index is -1.03. The van der Waals surface area contributed by atoms with Gasteiger partial charge in [-0.2, -0.15) is 5.26 Å². The fraction of sp³-hybridized carbons (Fsp3) is 0.273. The summed E-state index contributed by atoms with van der Waals surface area (Å²) < 4.78 is 0. The Labute approximate surface area is 103 Å². The molecular weight excluding hydrogens is 246 g/mol. The van der Waals surface area contributed by atoms with Gasteiger partial charge in [-0.25, -0.2) is 4.79 Å². The molecule has 0 radical (unpaired) electrons. The maximum Gasteiger partial charge on any atom is 0.337 e. The topological polar surface area (TPSA) is 61.1 Å². The molecule has 0 unspecified atom stereocenters. The van der Waals surface area contributed by atoms with Gasteiger partial charge in [0, 0.05) is 4.90 Å². The van der Waals surface area contributed by atoms with E-state index in [1.165, 1.54) is 11.8 Å². The van der Waals surface area contributed by atoms with Crippen LogP contribution in [0.1, 0.15) is 22.8 Å². The average molecular weight is 256 g/mol. The van der Waals surface area contributed by atoms with E-state index in [0.717, 1.165) is 0 Å². The number of hydrogen-bond donors (Lipinski definition) is 1. The Balaban J connectivity index is 3.22. The van der Waals surface area contributed by atoms with Gasteiger partial charge in [0.05, 0.1) is 22.4 Å². The third kappa shape index (κ3) is 2.69. The highest BCUT2D eigenvalue weighted by Crippen LogP contribution is 2.32. The molecule has 0 aromatic heterocycles. The van der Waals surface area contributed by atoms with Crippen molar-refractivity contribution in [2.45, 2.75) is 18.2 Å². The van der Waals surface area contributed by atoms with Gasteiger partial charge in [-0.05, 0) is 18.1 Å². The summed E-state index contributed by atoms with van der Waals surface area (Å²) in [4.78, 5) is 11.7. The highest BCUT2D eigenvalue weighted by Gasteiger charge is 2.16. The predicted octanol–water partition coefficient (Wildman–Crippen LogP) is 3.22. The number of carboxylic acids is 1. The number of aromatic carboxylic acids is 1. The lowest BCUT2D eigenvalue weighted by Gasteiger charge is -2.09. The third-order valence-corrected chi connectivity index (χ3v) is 3.51. The normalized spacial score (nSPS) is 9.81. The molecule has 0 amide bonds. The number of nitrogens with zero attached hydrogens (tertiary/aromatic N) is 1. The zero-order valence-corrected chi connectivity index (χ0v) is 10.2.